The third-order valence-electron chi connectivity index (χ3n) is 2.58. The summed E-state index contributed by atoms with van der Waals surface area (Å²) in [6.45, 7) is 2.13. The molecule has 0 saturated carbocycles. The van der Waals surface area contributed by atoms with E-state index in [9.17, 15) is 9.59 Å². The van der Waals surface area contributed by atoms with E-state index in [2.05, 4.69) is 27.9 Å². The molecule has 1 aliphatic heterocycles. The van der Waals surface area contributed by atoms with Crippen molar-refractivity contribution in [3.8, 4) is 0 Å². The van der Waals surface area contributed by atoms with Crippen molar-refractivity contribution < 1.29 is 9.59 Å². The van der Waals surface area contributed by atoms with Crippen LogP contribution in [0.2, 0.25) is 5.02 Å². The molecule has 1 atom stereocenters. The van der Waals surface area contributed by atoms with Gasteiger partial charge in [0.1, 0.15) is 0 Å². The highest BCUT2D eigenvalue weighted by atomic mass is 127. The molecule has 0 spiro atoms. The van der Waals surface area contributed by atoms with E-state index in [1.54, 1.807) is 13.0 Å². The van der Waals surface area contributed by atoms with Crippen molar-refractivity contribution in [3.63, 3.8) is 0 Å². The van der Waals surface area contributed by atoms with Gasteiger partial charge in [-0.25, -0.2) is 4.79 Å². The van der Waals surface area contributed by atoms with E-state index in [0.29, 0.717) is 17.3 Å². The molecule has 17 heavy (non-hydrogen) atoms. The van der Waals surface area contributed by atoms with E-state index in [-0.39, 0.29) is 11.8 Å². The second-order valence-electron chi connectivity index (χ2n) is 3.90. The molecule has 0 aromatic heterocycles. The number of carbonyl (C=O) groups is 2. The highest BCUT2D eigenvalue weighted by Crippen LogP contribution is 2.29. The average Bonchev–Trinajstić information content (AvgIpc) is 2.27. The lowest BCUT2D eigenvalue weighted by Gasteiger charge is -2.31. The lowest BCUT2D eigenvalue weighted by Crippen LogP contribution is -2.54. The molecule has 0 bridgehead atoms. The summed E-state index contributed by atoms with van der Waals surface area (Å²) in [7, 11) is 0. The summed E-state index contributed by atoms with van der Waals surface area (Å²) in [5, 5.41) is 2.81. The van der Waals surface area contributed by atoms with E-state index < -0.39 is 6.03 Å². The van der Waals surface area contributed by atoms with Crippen LogP contribution in [0.25, 0.3) is 0 Å². The molecule has 1 heterocycles. The van der Waals surface area contributed by atoms with Gasteiger partial charge in [0.2, 0.25) is 5.91 Å². The van der Waals surface area contributed by atoms with Crippen molar-refractivity contribution in [1.82, 2.24) is 5.32 Å². The number of urea groups is 1. The summed E-state index contributed by atoms with van der Waals surface area (Å²) in [5.41, 5.74) is 0.635. The molecule has 1 aromatic rings. The van der Waals surface area contributed by atoms with Gasteiger partial charge in [-0.3, -0.25) is 15.0 Å². The largest absolute Gasteiger partial charge is 0.328 e. The maximum absolute atomic E-state index is 11.7. The van der Waals surface area contributed by atoms with Crippen molar-refractivity contribution in [2.45, 2.75) is 6.92 Å². The van der Waals surface area contributed by atoms with Crippen LogP contribution in [-0.4, -0.2) is 18.5 Å². The van der Waals surface area contributed by atoms with Crippen LogP contribution in [0.1, 0.15) is 6.92 Å². The Kier molecular flexibility index (Phi) is 3.58. The van der Waals surface area contributed by atoms with E-state index in [1.165, 1.54) is 4.90 Å². The van der Waals surface area contributed by atoms with Gasteiger partial charge in [-0.1, -0.05) is 18.5 Å². The zero-order chi connectivity index (χ0) is 12.6. The van der Waals surface area contributed by atoms with Gasteiger partial charge in [-0.15, -0.1) is 0 Å². The molecular weight excluding hydrogens is 354 g/mol. The van der Waals surface area contributed by atoms with Crippen molar-refractivity contribution in [2.75, 3.05) is 11.4 Å². The SMILES string of the molecule is CC1CN(c2cc(I)ccc2Cl)C(=O)NC1=O. The fourth-order valence-electron chi connectivity index (χ4n) is 1.64. The lowest BCUT2D eigenvalue weighted by atomic mass is 10.1. The molecule has 1 saturated heterocycles. The molecule has 0 radical (unpaired) electrons. The van der Waals surface area contributed by atoms with Crippen LogP contribution in [0.4, 0.5) is 10.5 Å². The van der Waals surface area contributed by atoms with Gasteiger partial charge in [0.25, 0.3) is 0 Å². The number of rotatable bonds is 1. The highest BCUT2D eigenvalue weighted by molar-refractivity contribution is 14.1. The maximum Gasteiger partial charge on any atom is 0.328 e. The molecule has 4 nitrogen and oxygen atoms in total. The minimum Gasteiger partial charge on any atom is -0.292 e. The number of imide groups is 1. The van der Waals surface area contributed by atoms with Crippen molar-refractivity contribution in [2.24, 2.45) is 5.92 Å². The summed E-state index contributed by atoms with van der Waals surface area (Å²) in [6, 6.07) is 5.01. The first-order chi connectivity index (χ1) is 7.99. The first kappa shape index (κ1) is 12.6. The van der Waals surface area contributed by atoms with Gasteiger partial charge in [0.15, 0.2) is 0 Å². The molecule has 6 heteroatoms. The molecule has 1 unspecified atom stereocenters. The zero-order valence-electron chi connectivity index (χ0n) is 9.04. The number of hydrogen-bond acceptors (Lipinski definition) is 2. The Labute approximate surface area is 117 Å². The molecular formula is C11H10ClIN2O2. The van der Waals surface area contributed by atoms with Gasteiger partial charge in [-0.05, 0) is 40.8 Å². The van der Waals surface area contributed by atoms with Crippen LogP contribution in [0.5, 0.6) is 0 Å². The molecule has 0 aliphatic carbocycles. The molecule has 1 aliphatic rings. The smallest absolute Gasteiger partial charge is 0.292 e. The lowest BCUT2D eigenvalue weighted by molar-refractivity contribution is -0.123. The van der Waals surface area contributed by atoms with Crippen LogP contribution < -0.4 is 10.2 Å². The van der Waals surface area contributed by atoms with Gasteiger partial charge in [0, 0.05) is 10.1 Å². The fraction of sp³-hybridized carbons (Fsp3) is 0.273. The summed E-state index contributed by atoms with van der Waals surface area (Å²) >= 11 is 8.22. The van der Waals surface area contributed by atoms with Crippen LogP contribution in [0.15, 0.2) is 18.2 Å². The van der Waals surface area contributed by atoms with E-state index in [1.807, 2.05) is 12.1 Å². The Balaban J connectivity index is 2.36. The summed E-state index contributed by atoms with van der Waals surface area (Å²) in [6.07, 6.45) is 0. The third-order valence-corrected chi connectivity index (χ3v) is 3.57. The summed E-state index contributed by atoms with van der Waals surface area (Å²) in [4.78, 5) is 24.6. The molecule has 1 aromatic carbocycles. The number of halogens is 2. The normalized spacial score (nSPS) is 20.4. The summed E-state index contributed by atoms with van der Waals surface area (Å²) < 4.78 is 0.986. The van der Waals surface area contributed by atoms with E-state index >= 15 is 0 Å². The maximum atomic E-state index is 11.7. The van der Waals surface area contributed by atoms with Crippen LogP contribution in [0.3, 0.4) is 0 Å². The van der Waals surface area contributed by atoms with Gasteiger partial charge in [0.05, 0.1) is 16.6 Å². The highest BCUT2D eigenvalue weighted by Gasteiger charge is 2.31. The Bertz CT molecular complexity index is 492. The molecule has 1 N–H and O–H groups in total. The van der Waals surface area contributed by atoms with E-state index in [0.717, 1.165) is 3.57 Å². The monoisotopic (exact) mass is 364 g/mol. The first-order valence-corrected chi connectivity index (χ1v) is 6.52. The van der Waals surface area contributed by atoms with Crippen molar-refractivity contribution in [1.29, 1.82) is 0 Å². The second-order valence-corrected chi connectivity index (χ2v) is 5.55. The predicted molar refractivity (Wildman–Crippen MR) is 74.2 cm³/mol. The Hall–Kier alpha value is -0.820. The minimum atomic E-state index is -0.419. The molecule has 90 valence electrons. The number of carbonyl (C=O) groups excluding carboxylic acids is 2. The van der Waals surface area contributed by atoms with Crippen LogP contribution in [-0.2, 0) is 4.79 Å². The number of benzene rings is 1. The third kappa shape index (κ3) is 2.55. The fourth-order valence-corrected chi connectivity index (χ4v) is 2.33. The summed E-state index contributed by atoms with van der Waals surface area (Å²) in [5.74, 6) is -0.477. The zero-order valence-corrected chi connectivity index (χ0v) is 11.9. The molecule has 2 rings (SSSR count). The number of amides is 3. The quantitative estimate of drug-likeness (QED) is 0.779. The Morgan fingerprint density at radius 1 is 1.47 bits per heavy atom. The number of hydrogen-bond donors (Lipinski definition) is 1. The number of nitrogens with one attached hydrogen (secondary N) is 1. The molecule has 3 amide bonds. The Morgan fingerprint density at radius 3 is 2.88 bits per heavy atom. The van der Waals surface area contributed by atoms with Crippen molar-refractivity contribution >= 4 is 51.8 Å². The van der Waals surface area contributed by atoms with Crippen LogP contribution in [0, 0.1) is 9.49 Å². The van der Waals surface area contributed by atoms with Gasteiger partial charge >= 0.3 is 6.03 Å². The topological polar surface area (TPSA) is 49.4 Å². The average molecular weight is 365 g/mol. The number of anilines is 1. The Morgan fingerprint density at radius 2 is 2.18 bits per heavy atom. The number of nitrogens with zero attached hydrogens (tertiary/aromatic N) is 1. The minimum absolute atomic E-state index is 0.235. The van der Waals surface area contributed by atoms with Crippen LogP contribution >= 0.6 is 34.2 Å². The standard InChI is InChI=1S/C11H10ClIN2O2/c1-6-5-15(11(17)14-10(6)16)9-4-7(13)2-3-8(9)12/h2-4,6H,5H2,1H3,(H,14,16,17). The van der Waals surface area contributed by atoms with Crippen molar-refractivity contribution in [3.05, 3.63) is 26.8 Å². The van der Waals surface area contributed by atoms with E-state index in [4.69, 9.17) is 11.6 Å². The second kappa shape index (κ2) is 4.81. The van der Waals surface area contributed by atoms with Gasteiger partial charge in [-0.2, -0.15) is 0 Å². The molecule has 1 fully saturated rings. The van der Waals surface area contributed by atoms with Gasteiger partial charge < -0.3 is 0 Å². The predicted octanol–water partition coefficient (Wildman–Crippen LogP) is 2.64. The first-order valence-electron chi connectivity index (χ1n) is 5.06.